The van der Waals surface area contributed by atoms with Crippen LogP contribution >= 0.6 is 0 Å². The van der Waals surface area contributed by atoms with Gasteiger partial charge in [0.05, 0.1) is 95.5 Å². The second-order valence-corrected chi connectivity index (χ2v) is 24.0. The summed E-state index contributed by atoms with van der Waals surface area (Å²) in [6, 6.07) is 4.42. The number of allylic oxidation sites excluding steroid dienone is 3. The van der Waals surface area contributed by atoms with Crippen molar-refractivity contribution in [3.05, 3.63) is 131 Å². The summed E-state index contributed by atoms with van der Waals surface area (Å²) in [7, 11) is 2.61. The molecule has 2 unspecified atom stereocenters. The number of phenolic OH excluding ortho intramolecular Hbond substituents is 2. The number of carbonyl (C=O) groups is 5. The van der Waals surface area contributed by atoms with Gasteiger partial charge in [-0.3, -0.25) is 24.0 Å². The number of nitrogens with one attached hydrogen (secondary N) is 1. The molecule has 20 nitrogen and oxygen atoms in total. The Labute approximate surface area is 481 Å². The molecule has 1 amide bonds. The van der Waals surface area contributed by atoms with Crippen LogP contribution in [0.5, 0.6) is 17.2 Å². The number of aliphatic hydroxyl groups excluding tert-OH is 2. The third kappa shape index (κ3) is 6.49. The maximum absolute atomic E-state index is 15.1. The van der Waals surface area contributed by atoms with Crippen molar-refractivity contribution in [1.29, 1.82) is 0 Å². The zero-order valence-corrected chi connectivity index (χ0v) is 48.0. The molecule has 1 spiro atoms. The third-order valence-electron chi connectivity index (χ3n) is 20.0. The van der Waals surface area contributed by atoms with Crippen molar-refractivity contribution < 1.29 is 77.6 Å². The van der Waals surface area contributed by atoms with Gasteiger partial charge in [-0.2, -0.15) is 14.2 Å². The molecule has 6 N–H and O–H groups in total. The number of rotatable bonds is 12. The van der Waals surface area contributed by atoms with Crippen LogP contribution in [0.3, 0.4) is 0 Å². The van der Waals surface area contributed by atoms with E-state index in [0.29, 0.717) is 16.8 Å². The molecule has 3 aliphatic carbocycles. The van der Waals surface area contributed by atoms with Gasteiger partial charge in [0.25, 0.3) is 0 Å². The van der Waals surface area contributed by atoms with Crippen molar-refractivity contribution in [2.75, 3.05) is 20.8 Å². The molecule has 7 aliphatic heterocycles. The van der Waals surface area contributed by atoms with Gasteiger partial charge in [-0.05, 0) is 75.3 Å². The summed E-state index contributed by atoms with van der Waals surface area (Å²) in [5, 5.41) is 65.6. The van der Waals surface area contributed by atoms with E-state index in [0.717, 1.165) is 67.9 Å². The van der Waals surface area contributed by atoms with Crippen molar-refractivity contribution in [2.45, 2.75) is 123 Å². The quantitative estimate of drug-likeness (QED) is 0.0260. The molecule has 4 aromatic rings. The molecule has 0 bridgehead atoms. The highest BCUT2D eigenvalue weighted by Crippen LogP contribution is 2.58. The minimum Gasteiger partial charge on any atom is -0.507 e. The van der Waals surface area contributed by atoms with Crippen molar-refractivity contribution in [3.8, 4) is 17.2 Å². The summed E-state index contributed by atoms with van der Waals surface area (Å²) in [6.07, 6.45) is 4.42. The topological polar surface area (TPSA) is 264 Å². The summed E-state index contributed by atoms with van der Waals surface area (Å²) in [6.45, 7) is 17.3. The van der Waals surface area contributed by atoms with Gasteiger partial charge < -0.3 is 44.5 Å². The highest BCUT2D eigenvalue weighted by Gasteiger charge is 2.78. The highest BCUT2D eigenvalue weighted by molar-refractivity contribution is 6.32. The summed E-state index contributed by atoms with van der Waals surface area (Å²) in [4.78, 5) is 72.5. The summed E-state index contributed by atoms with van der Waals surface area (Å²) in [5.41, 5.74) is 9.65. The average Bonchev–Trinajstić information content (AvgIpc) is 1.44. The van der Waals surface area contributed by atoms with Crippen LogP contribution in [-0.2, 0) is 47.3 Å². The lowest BCUT2D eigenvalue weighted by molar-refractivity contribution is -0.839. The molecule has 432 valence electrons. The second kappa shape index (κ2) is 18.2. The van der Waals surface area contributed by atoms with E-state index in [1.807, 2.05) is 19.9 Å². The second-order valence-electron chi connectivity index (χ2n) is 24.0. The van der Waals surface area contributed by atoms with Crippen LogP contribution in [0, 0.1) is 37.5 Å². The number of esters is 1. The molecule has 9 heterocycles. The summed E-state index contributed by atoms with van der Waals surface area (Å²) < 4.78 is 32.8. The van der Waals surface area contributed by atoms with Gasteiger partial charge in [-0.25, -0.2) is 5.43 Å². The normalized spacial score (nSPS) is 28.8. The van der Waals surface area contributed by atoms with Crippen molar-refractivity contribution in [3.63, 3.8) is 0 Å². The number of aromatic hydroxyl groups is 2. The molecule has 14 rings (SSSR count). The van der Waals surface area contributed by atoms with Crippen LogP contribution in [0.1, 0.15) is 143 Å². The Morgan fingerprint density at radius 3 is 2.40 bits per heavy atom. The molecular formula is C64H64N6O14+2. The number of aliphatic hydroxyl groups is 3. The number of benzene rings is 2. The minimum atomic E-state index is -2.24. The molecule has 1 saturated heterocycles. The number of carbonyl (C=O) groups excluding carboxylic acids is 5. The molecular weight excluding hydrogens is 1080 g/mol. The largest absolute Gasteiger partial charge is 0.553 e. The summed E-state index contributed by atoms with van der Waals surface area (Å²) >= 11 is 0. The van der Waals surface area contributed by atoms with Crippen molar-refractivity contribution in [1.82, 2.24) is 14.6 Å². The maximum atomic E-state index is 15.1. The zero-order valence-electron chi connectivity index (χ0n) is 48.0. The first kappa shape index (κ1) is 53.8. The number of hydrogen-bond donors (Lipinski definition) is 6. The number of ketones is 3. The van der Waals surface area contributed by atoms with E-state index in [2.05, 4.69) is 81.3 Å². The van der Waals surface area contributed by atoms with Crippen LogP contribution in [0.4, 0.5) is 0 Å². The number of fused-ring (bicyclic) bond motifs is 4. The van der Waals surface area contributed by atoms with Gasteiger partial charge in [-0.1, -0.05) is 54.7 Å². The highest BCUT2D eigenvalue weighted by atomic mass is 16.7. The Balaban J connectivity index is 0.848. The standard InChI is InChI=1S/C64H62N6O14/c1-11-31-26(4)36-19-38-28(6)33(54-50-53(62(79)82-10)59(76)47-29(7)39-21-41-32(12-2)27(5)37-20-40(31)67(36)64(68(37)41,69(38)54)70(39)55(47)50)16-17-45(72)66-65-44(24-71)63(80)22-35-49(43(23-63)84-46-18-25(3)56(73)30(8)83-46)61(78)52-51(58(35)75)57(74)34-14-13-15-42(81-9)48(34)60(52)77/h11,13-15,19-21,25,28,30,33,43,46,53,56,71,73,80H,1,12,16-18,22-24H2,2-10H3,(H,66,72)/p+2/b65-44-/t25-,28-,30-,33+,43-,46+,53?,56-,63-,64?/m1/s1. The van der Waals surface area contributed by atoms with Gasteiger partial charge in [-0.15, -0.1) is 0 Å². The number of methoxy groups -OCH3 is 2. The number of amides is 1. The van der Waals surface area contributed by atoms with E-state index in [9.17, 15) is 44.7 Å². The van der Waals surface area contributed by atoms with Gasteiger partial charge in [0.15, 0.2) is 29.5 Å². The number of phenols is 2. The van der Waals surface area contributed by atoms with Crippen LogP contribution in [0.2, 0.25) is 0 Å². The molecule has 2 aromatic heterocycles. The number of nitrogens with zero attached hydrogens (tertiary/aromatic N) is 5. The molecule has 10 aliphatic rings. The third-order valence-corrected chi connectivity index (χ3v) is 20.0. The van der Waals surface area contributed by atoms with E-state index in [4.69, 9.17) is 18.9 Å². The Morgan fingerprint density at radius 1 is 0.964 bits per heavy atom. The van der Waals surface area contributed by atoms with Crippen molar-refractivity contribution in [2.24, 2.45) is 28.8 Å². The van der Waals surface area contributed by atoms with E-state index >= 15 is 4.79 Å². The smallest absolute Gasteiger partial charge is 0.507 e. The number of Topliss-reactive ketones (excluding diaryl/α,β-unsaturated/α-hetero) is 1. The first-order valence-corrected chi connectivity index (χ1v) is 28.7. The minimum absolute atomic E-state index is 0.0763. The fourth-order valence-electron chi connectivity index (χ4n) is 16.0. The Bertz CT molecular complexity index is 4230. The van der Waals surface area contributed by atoms with E-state index < -0.39 is 113 Å². The van der Waals surface area contributed by atoms with Crippen molar-refractivity contribution >= 4 is 70.7 Å². The van der Waals surface area contributed by atoms with Gasteiger partial charge in [0, 0.05) is 65.7 Å². The van der Waals surface area contributed by atoms with Gasteiger partial charge >= 0.3 is 11.9 Å². The number of ether oxygens (including phenoxy) is 4. The Hall–Kier alpha value is -8.14. The molecule has 0 radical (unpaired) electrons. The SMILES string of the molecule is C=Cc1c(C)c2n3c1C=c1c(C)c(CC)c4n1C31[N+]3=C(C=4)C(C)=C4C(=O)C(C(=O)OC)C(=C43)C3=[N+]1C(=C2)[C@H](C)[C@@H]3CCC(=O)N/N=C(/CO)[C@@]1(O)Cc2c(O)c3c(c(O)c2[C@H](O[C@H]2C[C@@H](C)[C@@H](O)[C@@H](C)O2)C1)C(=O)c1c(OC)cccc1C3=O. The van der Waals surface area contributed by atoms with E-state index in [-0.39, 0.29) is 70.6 Å². The lowest BCUT2D eigenvalue weighted by atomic mass is 9.71. The first-order chi connectivity index (χ1) is 40.1. The van der Waals surface area contributed by atoms with Crippen LogP contribution < -0.4 is 20.9 Å². The maximum Gasteiger partial charge on any atom is 0.553 e. The monoisotopic (exact) mass is 1140 g/mol. The Kier molecular flexibility index (Phi) is 11.7. The number of hydrazone groups is 1. The van der Waals surface area contributed by atoms with Crippen LogP contribution in [-0.4, -0.2) is 135 Å². The fraction of sp³-hybridized carbons (Fsp3) is 0.406. The summed E-state index contributed by atoms with van der Waals surface area (Å²) in [5.74, 6) is -8.08. The zero-order chi connectivity index (χ0) is 59.4. The van der Waals surface area contributed by atoms with E-state index in [1.165, 1.54) is 38.0 Å². The molecule has 10 atom stereocenters. The Morgan fingerprint density at radius 2 is 1.71 bits per heavy atom. The van der Waals surface area contributed by atoms with Crippen LogP contribution in [0.25, 0.3) is 24.3 Å². The van der Waals surface area contributed by atoms with Gasteiger partial charge in [0.2, 0.25) is 28.8 Å². The lowest BCUT2D eigenvalue weighted by Crippen LogP contribution is -2.70. The number of hydrogen-bond acceptors (Lipinski definition) is 15. The van der Waals surface area contributed by atoms with E-state index in [1.54, 1.807) is 6.92 Å². The molecule has 20 heteroatoms. The lowest BCUT2D eigenvalue weighted by Gasteiger charge is -2.43. The predicted molar refractivity (Wildman–Crippen MR) is 303 cm³/mol. The molecule has 1 fully saturated rings. The fourth-order valence-corrected chi connectivity index (χ4v) is 16.0. The molecule has 84 heavy (non-hydrogen) atoms. The van der Waals surface area contributed by atoms with Gasteiger partial charge in [0.1, 0.15) is 34.0 Å². The average molecular weight is 1140 g/mol. The predicted octanol–water partition coefficient (Wildman–Crippen LogP) is 3.67. The molecule has 0 saturated carbocycles. The van der Waals surface area contributed by atoms with Crippen LogP contribution in [0.15, 0.2) is 58.0 Å². The molecule has 2 aromatic carbocycles. The number of aromatic nitrogens is 2. The first-order valence-electron chi connectivity index (χ1n) is 28.7.